The Morgan fingerprint density at radius 3 is 2.78 bits per heavy atom. The Morgan fingerprint density at radius 1 is 1.35 bits per heavy atom. The molecule has 0 unspecified atom stereocenters. The third-order valence-electron chi connectivity index (χ3n) is 3.79. The van der Waals surface area contributed by atoms with Crippen molar-refractivity contribution in [3.8, 4) is 5.69 Å². The molecule has 1 aliphatic rings. The van der Waals surface area contributed by atoms with Crippen LogP contribution in [0.3, 0.4) is 0 Å². The van der Waals surface area contributed by atoms with Gasteiger partial charge in [0.05, 0.1) is 18.1 Å². The first kappa shape index (κ1) is 16.1. The molecule has 8 heteroatoms. The maximum absolute atomic E-state index is 12.9. The standard InChI is InChI=1S/C15H19FN4O2S/c1-23(21,22)18-14-6-7-19(11-14)9-12-8-17-20(10-12)15-4-2-13(16)3-5-15/h2-5,8,10,14,18H,6-7,9,11H2,1H3/t14-/m1/s1. The minimum atomic E-state index is -3.16. The summed E-state index contributed by atoms with van der Waals surface area (Å²) in [7, 11) is -3.16. The lowest BCUT2D eigenvalue weighted by atomic mass is 10.3. The van der Waals surface area contributed by atoms with E-state index in [4.69, 9.17) is 0 Å². The largest absolute Gasteiger partial charge is 0.297 e. The molecule has 1 N–H and O–H groups in total. The second kappa shape index (κ2) is 6.38. The molecule has 0 spiro atoms. The van der Waals surface area contributed by atoms with Crippen LogP contribution < -0.4 is 4.72 Å². The molecule has 1 aromatic carbocycles. The van der Waals surface area contributed by atoms with E-state index in [1.165, 1.54) is 18.4 Å². The first-order valence-corrected chi connectivity index (χ1v) is 9.27. The highest BCUT2D eigenvalue weighted by Crippen LogP contribution is 2.15. The minimum Gasteiger partial charge on any atom is -0.297 e. The molecule has 3 rings (SSSR count). The van der Waals surface area contributed by atoms with E-state index in [0.717, 1.165) is 24.2 Å². The van der Waals surface area contributed by atoms with Crippen LogP contribution in [0.15, 0.2) is 36.7 Å². The molecule has 0 radical (unpaired) electrons. The summed E-state index contributed by atoms with van der Waals surface area (Å²) in [6.45, 7) is 2.24. The topological polar surface area (TPSA) is 67.2 Å². The van der Waals surface area contributed by atoms with Gasteiger partial charge in [-0.3, -0.25) is 4.90 Å². The summed E-state index contributed by atoms with van der Waals surface area (Å²) in [5.41, 5.74) is 1.84. The van der Waals surface area contributed by atoms with Crippen molar-refractivity contribution in [3.05, 3.63) is 48.0 Å². The fraction of sp³-hybridized carbons (Fsp3) is 0.400. The molecule has 1 fully saturated rings. The molecular formula is C15H19FN4O2S. The summed E-state index contributed by atoms with van der Waals surface area (Å²) >= 11 is 0. The monoisotopic (exact) mass is 338 g/mol. The van der Waals surface area contributed by atoms with E-state index < -0.39 is 10.0 Å². The Kier molecular flexibility index (Phi) is 4.47. The summed E-state index contributed by atoms with van der Waals surface area (Å²) in [6, 6.07) is 6.12. The van der Waals surface area contributed by atoms with Gasteiger partial charge < -0.3 is 0 Å². The van der Waals surface area contributed by atoms with Gasteiger partial charge in [-0.05, 0) is 30.7 Å². The number of benzene rings is 1. The average Bonchev–Trinajstić information content (AvgIpc) is 3.08. The van der Waals surface area contributed by atoms with Crippen LogP contribution in [0.5, 0.6) is 0 Å². The number of nitrogens with one attached hydrogen (secondary N) is 1. The fourth-order valence-electron chi connectivity index (χ4n) is 2.81. The van der Waals surface area contributed by atoms with Crippen molar-refractivity contribution in [1.82, 2.24) is 19.4 Å². The van der Waals surface area contributed by atoms with Crippen LogP contribution in [0.2, 0.25) is 0 Å². The Bertz CT molecular complexity index is 773. The molecule has 2 aromatic rings. The van der Waals surface area contributed by atoms with E-state index in [9.17, 15) is 12.8 Å². The number of hydrogen-bond acceptors (Lipinski definition) is 4. The number of likely N-dealkylation sites (tertiary alicyclic amines) is 1. The third-order valence-corrected chi connectivity index (χ3v) is 4.55. The highest BCUT2D eigenvalue weighted by atomic mass is 32.2. The zero-order valence-electron chi connectivity index (χ0n) is 12.8. The number of rotatable bonds is 5. The van der Waals surface area contributed by atoms with Gasteiger partial charge in [-0.2, -0.15) is 5.10 Å². The summed E-state index contributed by atoms with van der Waals surface area (Å²) in [4.78, 5) is 2.19. The zero-order chi connectivity index (χ0) is 16.4. The Hall–Kier alpha value is -1.77. The van der Waals surface area contributed by atoms with E-state index in [0.29, 0.717) is 13.1 Å². The summed E-state index contributed by atoms with van der Waals surface area (Å²) < 4.78 is 39.8. The predicted octanol–water partition coefficient (Wildman–Crippen LogP) is 1.13. The van der Waals surface area contributed by atoms with Crippen LogP contribution >= 0.6 is 0 Å². The smallest absolute Gasteiger partial charge is 0.208 e. The average molecular weight is 338 g/mol. The number of nitrogens with zero attached hydrogens (tertiary/aromatic N) is 3. The van der Waals surface area contributed by atoms with Gasteiger partial charge in [0.2, 0.25) is 10.0 Å². The second-order valence-corrected chi connectivity index (χ2v) is 7.66. The van der Waals surface area contributed by atoms with Crippen molar-refractivity contribution in [2.75, 3.05) is 19.3 Å². The molecule has 0 saturated carbocycles. The van der Waals surface area contributed by atoms with Gasteiger partial charge in [0.1, 0.15) is 5.82 Å². The number of hydrogen-bond donors (Lipinski definition) is 1. The number of sulfonamides is 1. The molecule has 0 amide bonds. The number of halogens is 1. The lowest BCUT2D eigenvalue weighted by Gasteiger charge is -2.15. The van der Waals surface area contributed by atoms with Gasteiger partial charge in [0.15, 0.2) is 0 Å². The molecular weight excluding hydrogens is 319 g/mol. The van der Waals surface area contributed by atoms with E-state index in [1.807, 2.05) is 6.20 Å². The van der Waals surface area contributed by atoms with Crippen molar-refractivity contribution in [3.63, 3.8) is 0 Å². The lowest BCUT2D eigenvalue weighted by Crippen LogP contribution is -2.36. The van der Waals surface area contributed by atoms with Gasteiger partial charge in [0.25, 0.3) is 0 Å². The van der Waals surface area contributed by atoms with Crippen molar-refractivity contribution >= 4 is 10.0 Å². The Morgan fingerprint density at radius 2 is 2.09 bits per heavy atom. The van der Waals surface area contributed by atoms with E-state index >= 15 is 0 Å². The Labute approximate surface area is 135 Å². The van der Waals surface area contributed by atoms with Crippen LogP contribution in [0.4, 0.5) is 4.39 Å². The fourth-order valence-corrected chi connectivity index (χ4v) is 3.61. The quantitative estimate of drug-likeness (QED) is 0.888. The molecule has 1 saturated heterocycles. The van der Waals surface area contributed by atoms with Crippen LogP contribution in [0.25, 0.3) is 5.69 Å². The summed E-state index contributed by atoms with van der Waals surface area (Å²) in [5, 5.41) is 4.29. The molecule has 0 aliphatic carbocycles. The summed E-state index contributed by atoms with van der Waals surface area (Å²) in [6.07, 6.45) is 5.67. The van der Waals surface area contributed by atoms with E-state index in [2.05, 4.69) is 14.7 Å². The van der Waals surface area contributed by atoms with Gasteiger partial charge in [0, 0.05) is 37.4 Å². The van der Waals surface area contributed by atoms with Crippen molar-refractivity contribution in [1.29, 1.82) is 0 Å². The van der Waals surface area contributed by atoms with E-state index in [-0.39, 0.29) is 11.9 Å². The first-order valence-electron chi connectivity index (χ1n) is 7.38. The molecule has 1 aliphatic heterocycles. The van der Waals surface area contributed by atoms with E-state index in [1.54, 1.807) is 23.0 Å². The van der Waals surface area contributed by atoms with Crippen LogP contribution in [-0.4, -0.2) is 48.5 Å². The van der Waals surface area contributed by atoms with Gasteiger partial charge in [-0.15, -0.1) is 0 Å². The van der Waals surface area contributed by atoms with Crippen molar-refractivity contribution in [2.24, 2.45) is 0 Å². The predicted molar refractivity (Wildman–Crippen MR) is 85.2 cm³/mol. The lowest BCUT2D eigenvalue weighted by molar-refractivity contribution is 0.324. The molecule has 23 heavy (non-hydrogen) atoms. The first-order chi connectivity index (χ1) is 10.9. The van der Waals surface area contributed by atoms with Crippen LogP contribution in [0.1, 0.15) is 12.0 Å². The highest BCUT2D eigenvalue weighted by Gasteiger charge is 2.24. The minimum absolute atomic E-state index is 0.0304. The molecule has 0 bridgehead atoms. The maximum Gasteiger partial charge on any atom is 0.208 e. The normalized spacial score (nSPS) is 19.3. The molecule has 124 valence electrons. The zero-order valence-corrected chi connectivity index (χ0v) is 13.6. The van der Waals surface area contributed by atoms with Crippen LogP contribution in [0, 0.1) is 5.82 Å². The highest BCUT2D eigenvalue weighted by molar-refractivity contribution is 7.88. The summed E-state index contributed by atoms with van der Waals surface area (Å²) in [5.74, 6) is -0.275. The molecule has 1 atom stereocenters. The van der Waals surface area contributed by atoms with Crippen molar-refractivity contribution in [2.45, 2.75) is 19.0 Å². The SMILES string of the molecule is CS(=O)(=O)N[C@@H]1CCN(Cc2cnn(-c3ccc(F)cc3)c2)C1. The van der Waals surface area contributed by atoms with Gasteiger partial charge in [-0.1, -0.05) is 0 Å². The van der Waals surface area contributed by atoms with Gasteiger partial charge in [-0.25, -0.2) is 22.2 Å². The molecule has 2 heterocycles. The van der Waals surface area contributed by atoms with Crippen molar-refractivity contribution < 1.29 is 12.8 Å². The number of aromatic nitrogens is 2. The molecule has 1 aromatic heterocycles. The van der Waals surface area contributed by atoms with Gasteiger partial charge >= 0.3 is 0 Å². The Balaban J connectivity index is 1.61. The molecule has 6 nitrogen and oxygen atoms in total. The maximum atomic E-state index is 12.9. The van der Waals surface area contributed by atoms with Crippen LogP contribution in [-0.2, 0) is 16.6 Å². The second-order valence-electron chi connectivity index (χ2n) is 5.88. The third kappa shape index (κ3) is 4.37.